The molecule has 0 radical (unpaired) electrons. The molecule has 0 bridgehead atoms. The van der Waals surface area contributed by atoms with Gasteiger partial charge in [0.1, 0.15) is 0 Å². The Morgan fingerprint density at radius 1 is 1.18 bits per heavy atom. The monoisotopic (exact) mass is 345 g/mol. The molecule has 0 aromatic carbocycles. The Morgan fingerprint density at radius 2 is 1.77 bits per heavy atom. The second-order valence-electron chi connectivity index (χ2n) is 3.60. The number of ether oxygens (including phenoxy) is 2. The summed E-state index contributed by atoms with van der Waals surface area (Å²) in [5.74, 6) is 0.329. The molecule has 0 aliphatic carbocycles. The molecule has 0 aliphatic heterocycles. The zero-order valence-corrected chi connectivity index (χ0v) is 13.5. The van der Waals surface area contributed by atoms with Gasteiger partial charge < -0.3 is 14.8 Å². The summed E-state index contributed by atoms with van der Waals surface area (Å²) in [6.07, 6.45) is 0.167. The fraction of sp³-hybridized carbons (Fsp3) is 0.364. The van der Waals surface area contributed by atoms with Crippen LogP contribution in [0.1, 0.15) is 13.8 Å². The first-order valence-corrected chi connectivity index (χ1v) is 7.06. The summed E-state index contributed by atoms with van der Waals surface area (Å²) < 4.78 is 10.6. The van der Waals surface area contributed by atoms with Crippen LogP contribution >= 0.6 is 24.4 Å². The molecule has 1 aromatic heterocycles. The van der Waals surface area contributed by atoms with Crippen LogP contribution in [0, 0.1) is 0 Å². The van der Waals surface area contributed by atoms with Gasteiger partial charge in [-0.05, 0) is 38.3 Å². The van der Waals surface area contributed by atoms with Gasteiger partial charge in [-0.1, -0.05) is 0 Å². The van der Waals surface area contributed by atoms with E-state index in [4.69, 9.17) is 29.2 Å². The Balaban J connectivity index is 2.53. The molecular weight excluding hydrogens is 330 g/mol. The summed E-state index contributed by atoms with van der Waals surface area (Å²) in [6.45, 7) is 3.82. The van der Waals surface area contributed by atoms with E-state index in [0.717, 1.165) is 0 Å². The number of carbonyl (C=O) groups excluding carboxylic acids is 2. The molecule has 22 heavy (non-hydrogen) atoms. The van der Waals surface area contributed by atoms with Gasteiger partial charge in [0.25, 0.3) is 0 Å². The summed E-state index contributed by atoms with van der Waals surface area (Å²) in [7, 11) is 0. The third-order valence-corrected chi connectivity index (χ3v) is 2.51. The minimum Gasteiger partial charge on any atom is -0.450 e. The van der Waals surface area contributed by atoms with Gasteiger partial charge in [0.15, 0.2) is 10.9 Å². The normalized spacial score (nSPS) is 9.55. The van der Waals surface area contributed by atoms with Gasteiger partial charge in [-0.3, -0.25) is 10.6 Å². The summed E-state index contributed by atoms with van der Waals surface area (Å²) in [5.41, 5.74) is 0. The second-order valence-corrected chi connectivity index (χ2v) is 4.39. The molecule has 0 saturated carbocycles. The minimum atomic E-state index is -0.669. The van der Waals surface area contributed by atoms with Crippen molar-refractivity contribution in [3.05, 3.63) is 12.3 Å². The molecule has 2 amide bonds. The molecule has 0 fully saturated rings. The molecule has 1 aromatic rings. The summed E-state index contributed by atoms with van der Waals surface area (Å²) in [5, 5.41) is 11.4. The smallest absolute Gasteiger partial charge is 0.413 e. The Kier molecular flexibility index (Phi) is 7.19. The van der Waals surface area contributed by atoms with E-state index in [1.807, 2.05) is 0 Å². The first-order chi connectivity index (χ1) is 10.5. The van der Waals surface area contributed by atoms with Crippen LogP contribution in [0.25, 0.3) is 0 Å². The number of hydrogen-bond donors (Lipinski definition) is 3. The zero-order chi connectivity index (χ0) is 16.5. The highest BCUT2D eigenvalue weighted by atomic mass is 32.1. The maximum atomic E-state index is 11.2. The molecule has 1 heterocycles. The maximum absolute atomic E-state index is 11.2. The largest absolute Gasteiger partial charge is 0.450 e. The van der Waals surface area contributed by atoms with Crippen LogP contribution in [0.5, 0.6) is 0 Å². The van der Waals surface area contributed by atoms with Crippen LogP contribution in [-0.2, 0) is 9.47 Å². The van der Waals surface area contributed by atoms with E-state index in [9.17, 15) is 9.59 Å². The fourth-order valence-corrected chi connectivity index (χ4v) is 1.60. The van der Waals surface area contributed by atoms with Crippen molar-refractivity contribution in [1.82, 2.24) is 20.4 Å². The van der Waals surface area contributed by atoms with Crippen molar-refractivity contribution in [3.8, 4) is 0 Å². The van der Waals surface area contributed by atoms with E-state index in [1.54, 1.807) is 19.9 Å². The van der Waals surface area contributed by atoms with Gasteiger partial charge in [0, 0.05) is 12.3 Å². The molecule has 3 N–H and O–H groups in total. The minimum absolute atomic E-state index is 0.0213. The molecule has 9 nitrogen and oxygen atoms in total. The highest BCUT2D eigenvalue weighted by Gasteiger charge is 2.10. The van der Waals surface area contributed by atoms with Crippen LogP contribution in [0.2, 0.25) is 0 Å². The van der Waals surface area contributed by atoms with Crippen LogP contribution in [0.3, 0.4) is 0 Å². The average Bonchev–Trinajstić information content (AvgIpc) is 2.87. The lowest BCUT2D eigenvalue weighted by atomic mass is 10.6. The Labute approximate surface area is 137 Å². The summed E-state index contributed by atoms with van der Waals surface area (Å²) in [6, 6.07) is 1.55. The number of amides is 2. The lowest BCUT2D eigenvalue weighted by molar-refractivity contribution is 0.157. The predicted molar refractivity (Wildman–Crippen MR) is 86.8 cm³/mol. The number of alkyl carbamates (subject to hydrolysis) is 2. The van der Waals surface area contributed by atoms with Crippen molar-refractivity contribution in [1.29, 1.82) is 0 Å². The van der Waals surface area contributed by atoms with Gasteiger partial charge in [-0.2, -0.15) is 0 Å². The Hall–Kier alpha value is -2.27. The van der Waals surface area contributed by atoms with Crippen molar-refractivity contribution >= 4 is 52.7 Å². The van der Waals surface area contributed by atoms with Crippen LogP contribution in [-0.4, -0.2) is 45.4 Å². The van der Waals surface area contributed by atoms with E-state index in [0.29, 0.717) is 5.82 Å². The summed E-state index contributed by atoms with van der Waals surface area (Å²) in [4.78, 5) is 22.4. The Bertz CT molecular complexity index is 575. The highest BCUT2D eigenvalue weighted by molar-refractivity contribution is 7.80. The van der Waals surface area contributed by atoms with E-state index in [1.165, 1.54) is 10.9 Å². The quantitative estimate of drug-likeness (QED) is 0.702. The molecule has 120 valence electrons. The number of carbonyl (C=O) groups is 2. The van der Waals surface area contributed by atoms with Gasteiger partial charge in [0.2, 0.25) is 5.11 Å². The van der Waals surface area contributed by atoms with Crippen molar-refractivity contribution in [2.24, 2.45) is 0 Å². The Morgan fingerprint density at radius 3 is 2.36 bits per heavy atom. The molecular formula is C11H15N5O4S2. The number of thiocarbonyl (C=S) groups is 2. The molecule has 0 atom stereocenters. The average molecular weight is 345 g/mol. The van der Waals surface area contributed by atoms with Crippen molar-refractivity contribution in [2.75, 3.05) is 18.5 Å². The first kappa shape index (κ1) is 17.8. The number of nitrogens with one attached hydrogen (secondary N) is 3. The molecule has 1 rings (SSSR count). The maximum Gasteiger partial charge on any atom is 0.413 e. The first-order valence-electron chi connectivity index (χ1n) is 6.24. The van der Waals surface area contributed by atoms with Crippen LogP contribution in [0.4, 0.5) is 15.4 Å². The topological polar surface area (TPSA) is 107 Å². The lowest BCUT2D eigenvalue weighted by Crippen LogP contribution is -2.35. The molecule has 0 aliphatic rings. The van der Waals surface area contributed by atoms with Crippen molar-refractivity contribution in [3.63, 3.8) is 0 Å². The molecule has 0 unspecified atom stereocenters. The van der Waals surface area contributed by atoms with E-state index in [2.05, 4.69) is 25.8 Å². The van der Waals surface area contributed by atoms with E-state index >= 15 is 0 Å². The van der Waals surface area contributed by atoms with Gasteiger partial charge in [-0.25, -0.2) is 14.3 Å². The van der Waals surface area contributed by atoms with Gasteiger partial charge >= 0.3 is 12.2 Å². The zero-order valence-electron chi connectivity index (χ0n) is 11.9. The van der Waals surface area contributed by atoms with E-state index in [-0.39, 0.29) is 23.4 Å². The standard InChI is InChI=1S/C11H15N5O4S2/c1-3-19-10(17)13-8(21)12-7-5-6-16(15-7)9(22)14-11(18)20-4-2/h5-6H,3-4H2,1-2H3,(H,14,18,22)(H2,12,13,15,17,21). The van der Waals surface area contributed by atoms with Gasteiger partial charge in [0.05, 0.1) is 13.2 Å². The third kappa shape index (κ3) is 6.01. The number of hydrogen-bond acceptors (Lipinski definition) is 7. The number of aromatic nitrogens is 2. The van der Waals surface area contributed by atoms with E-state index < -0.39 is 12.2 Å². The van der Waals surface area contributed by atoms with Crippen LogP contribution in [0.15, 0.2) is 12.3 Å². The van der Waals surface area contributed by atoms with Crippen LogP contribution < -0.4 is 16.0 Å². The molecule has 0 saturated heterocycles. The fourth-order valence-electron chi connectivity index (χ4n) is 1.22. The summed E-state index contributed by atoms with van der Waals surface area (Å²) >= 11 is 9.89. The van der Waals surface area contributed by atoms with Gasteiger partial charge in [-0.15, -0.1) is 5.10 Å². The predicted octanol–water partition coefficient (Wildman–Crippen LogP) is 1.21. The van der Waals surface area contributed by atoms with Crippen molar-refractivity contribution in [2.45, 2.75) is 13.8 Å². The number of anilines is 1. The molecule has 0 spiro atoms. The molecule has 11 heteroatoms. The third-order valence-electron chi connectivity index (χ3n) is 2.01. The SMILES string of the molecule is CCOC(=O)NC(=S)Nc1ccn(C(=S)NC(=O)OCC)n1. The second kappa shape index (κ2) is 8.89. The lowest BCUT2D eigenvalue weighted by Gasteiger charge is -2.07. The number of rotatable bonds is 3. The highest BCUT2D eigenvalue weighted by Crippen LogP contribution is 2.02. The number of nitrogens with zero attached hydrogens (tertiary/aromatic N) is 2. The van der Waals surface area contributed by atoms with Crippen molar-refractivity contribution < 1.29 is 19.1 Å².